The Morgan fingerprint density at radius 1 is 1.27 bits per heavy atom. The third-order valence-electron chi connectivity index (χ3n) is 4.39. The Labute approximate surface area is 138 Å². The number of carbonyl (C=O) groups excluding carboxylic acids is 2. The van der Waals surface area contributed by atoms with Gasteiger partial charge < -0.3 is 15.5 Å². The average Bonchev–Trinajstić information content (AvgIpc) is 2.88. The standard InChI is InChI=1S/C16H20BrN3O2/c17-11-3-1-5-13(9-11)20-8-6-14(16(20)22)15(21)19-7-2-4-12(18)10-19/h1,3,5,9,12,14H,2,4,6-8,10,18H2/t12-,14+/m1/s1. The molecule has 2 atom stereocenters. The summed E-state index contributed by atoms with van der Waals surface area (Å²) in [5.41, 5.74) is 6.77. The topological polar surface area (TPSA) is 66.6 Å². The number of nitrogens with zero attached hydrogens (tertiary/aromatic N) is 2. The highest BCUT2D eigenvalue weighted by molar-refractivity contribution is 9.10. The first-order chi connectivity index (χ1) is 10.6. The van der Waals surface area contributed by atoms with Gasteiger partial charge in [-0.3, -0.25) is 9.59 Å². The van der Waals surface area contributed by atoms with Crippen molar-refractivity contribution in [3.05, 3.63) is 28.7 Å². The first-order valence-corrected chi connectivity index (χ1v) is 8.47. The molecule has 1 aromatic rings. The molecule has 2 aliphatic heterocycles. The lowest BCUT2D eigenvalue weighted by Gasteiger charge is -2.32. The normalized spacial score (nSPS) is 25.6. The van der Waals surface area contributed by atoms with E-state index in [1.54, 1.807) is 9.80 Å². The average molecular weight is 366 g/mol. The maximum absolute atomic E-state index is 12.6. The van der Waals surface area contributed by atoms with Crippen molar-refractivity contribution in [2.24, 2.45) is 11.7 Å². The van der Waals surface area contributed by atoms with E-state index in [0.29, 0.717) is 26.1 Å². The molecule has 22 heavy (non-hydrogen) atoms. The highest BCUT2D eigenvalue weighted by Crippen LogP contribution is 2.29. The molecule has 3 rings (SSSR count). The molecule has 2 heterocycles. The molecule has 0 radical (unpaired) electrons. The van der Waals surface area contributed by atoms with Crippen LogP contribution in [0.1, 0.15) is 19.3 Å². The molecule has 0 aliphatic carbocycles. The number of likely N-dealkylation sites (tertiary alicyclic amines) is 1. The predicted molar refractivity (Wildman–Crippen MR) is 88.4 cm³/mol. The number of piperidine rings is 1. The highest BCUT2D eigenvalue weighted by Gasteiger charge is 2.40. The van der Waals surface area contributed by atoms with Crippen molar-refractivity contribution in [1.29, 1.82) is 0 Å². The van der Waals surface area contributed by atoms with Gasteiger partial charge in [-0.05, 0) is 37.5 Å². The van der Waals surface area contributed by atoms with E-state index < -0.39 is 5.92 Å². The zero-order valence-corrected chi connectivity index (χ0v) is 14.0. The summed E-state index contributed by atoms with van der Waals surface area (Å²) in [5.74, 6) is -0.704. The van der Waals surface area contributed by atoms with Crippen LogP contribution in [-0.2, 0) is 9.59 Å². The molecule has 2 N–H and O–H groups in total. The molecule has 0 saturated carbocycles. The van der Waals surface area contributed by atoms with Crippen molar-refractivity contribution < 1.29 is 9.59 Å². The second-order valence-electron chi connectivity index (χ2n) is 6.00. The van der Waals surface area contributed by atoms with Gasteiger partial charge in [0.1, 0.15) is 5.92 Å². The number of hydrogen-bond acceptors (Lipinski definition) is 3. The predicted octanol–water partition coefficient (Wildman–Crippen LogP) is 1.75. The molecule has 2 fully saturated rings. The lowest BCUT2D eigenvalue weighted by molar-refractivity contribution is -0.140. The number of halogens is 1. The smallest absolute Gasteiger partial charge is 0.239 e. The lowest BCUT2D eigenvalue weighted by Crippen LogP contribution is -2.49. The minimum Gasteiger partial charge on any atom is -0.340 e. The van der Waals surface area contributed by atoms with Gasteiger partial charge in [0, 0.05) is 35.8 Å². The van der Waals surface area contributed by atoms with Crippen LogP contribution in [0.25, 0.3) is 0 Å². The molecule has 2 amide bonds. The van der Waals surface area contributed by atoms with Crippen molar-refractivity contribution in [1.82, 2.24) is 4.90 Å². The van der Waals surface area contributed by atoms with E-state index in [1.165, 1.54) is 0 Å². The van der Waals surface area contributed by atoms with Crippen LogP contribution < -0.4 is 10.6 Å². The number of nitrogens with two attached hydrogens (primary N) is 1. The molecule has 6 heteroatoms. The van der Waals surface area contributed by atoms with Gasteiger partial charge in [-0.1, -0.05) is 22.0 Å². The van der Waals surface area contributed by atoms with Crippen molar-refractivity contribution in [3.8, 4) is 0 Å². The second kappa shape index (κ2) is 6.38. The fraction of sp³-hybridized carbons (Fsp3) is 0.500. The van der Waals surface area contributed by atoms with E-state index in [1.807, 2.05) is 24.3 Å². The number of carbonyl (C=O) groups is 2. The van der Waals surface area contributed by atoms with Crippen LogP contribution in [0.3, 0.4) is 0 Å². The summed E-state index contributed by atoms with van der Waals surface area (Å²) in [6.07, 6.45) is 2.45. The van der Waals surface area contributed by atoms with Gasteiger partial charge in [0.25, 0.3) is 0 Å². The minimum absolute atomic E-state index is 0.0374. The van der Waals surface area contributed by atoms with Crippen LogP contribution in [-0.4, -0.2) is 42.4 Å². The molecule has 1 aromatic carbocycles. The molecule has 0 bridgehead atoms. The summed E-state index contributed by atoms with van der Waals surface area (Å²) in [5, 5.41) is 0. The van der Waals surface area contributed by atoms with E-state index in [0.717, 1.165) is 23.0 Å². The van der Waals surface area contributed by atoms with Gasteiger partial charge in [-0.25, -0.2) is 0 Å². The summed E-state index contributed by atoms with van der Waals surface area (Å²) in [7, 11) is 0. The van der Waals surface area contributed by atoms with Crippen molar-refractivity contribution in [2.45, 2.75) is 25.3 Å². The van der Waals surface area contributed by atoms with E-state index in [-0.39, 0.29) is 17.9 Å². The number of hydrogen-bond donors (Lipinski definition) is 1. The van der Waals surface area contributed by atoms with Crippen LogP contribution in [0.5, 0.6) is 0 Å². The molecule has 0 aromatic heterocycles. The number of anilines is 1. The van der Waals surface area contributed by atoms with Crippen LogP contribution in [0.15, 0.2) is 28.7 Å². The molecular formula is C16H20BrN3O2. The first-order valence-electron chi connectivity index (χ1n) is 7.67. The quantitative estimate of drug-likeness (QED) is 0.811. The summed E-state index contributed by atoms with van der Waals surface area (Å²) in [6.45, 7) is 1.87. The lowest BCUT2D eigenvalue weighted by atomic mass is 10.0. The number of benzene rings is 1. The van der Waals surface area contributed by atoms with Crippen molar-refractivity contribution in [3.63, 3.8) is 0 Å². The zero-order valence-electron chi connectivity index (χ0n) is 12.4. The number of rotatable bonds is 2. The van der Waals surface area contributed by atoms with E-state index in [4.69, 9.17) is 5.73 Å². The van der Waals surface area contributed by atoms with Crippen LogP contribution in [0, 0.1) is 5.92 Å². The molecule has 2 saturated heterocycles. The monoisotopic (exact) mass is 365 g/mol. The van der Waals surface area contributed by atoms with Gasteiger partial charge >= 0.3 is 0 Å². The third kappa shape index (κ3) is 3.03. The van der Waals surface area contributed by atoms with E-state index >= 15 is 0 Å². The number of amides is 2. The fourth-order valence-electron chi connectivity index (χ4n) is 3.24. The van der Waals surface area contributed by atoms with Gasteiger partial charge in [0.15, 0.2) is 0 Å². The second-order valence-corrected chi connectivity index (χ2v) is 6.91. The Morgan fingerprint density at radius 2 is 2.09 bits per heavy atom. The summed E-state index contributed by atoms with van der Waals surface area (Å²) in [4.78, 5) is 28.7. The fourth-order valence-corrected chi connectivity index (χ4v) is 3.63. The van der Waals surface area contributed by atoms with E-state index in [9.17, 15) is 9.59 Å². The highest BCUT2D eigenvalue weighted by atomic mass is 79.9. The first kappa shape index (κ1) is 15.5. The Bertz CT molecular complexity index is 593. The Kier molecular flexibility index (Phi) is 4.49. The molecule has 0 spiro atoms. The Morgan fingerprint density at radius 3 is 2.82 bits per heavy atom. The van der Waals surface area contributed by atoms with Gasteiger partial charge in [-0.15, -0.1) is 0 Å². The van der Waals surface area contributed by atoms with Crippen molar-refractivity contribution >= 4 is 33.4 Å². The summed E-state index contributed by atoms with van der Waals surface area (Å²) < 4.78 is 0.926. The van der Waals surface area contributed by atoms with Gasteiger partial charge in [0.05, 0.1) is 0 Å². The maximum atomic E-state index is 12.6. The molecule has 118 valence electrons. The minimum atomic E-state index is -0.552. The largest absolute Gasteiger partial charge is 0.340 e. The molecule has 2 aliphatic rings. The van der Waals surface area contributed by atoms with Crippen LogP contribution in [0.4, 0.5) is 5.69 Å². The third-order valence-corrected chi connectivity index (χ3v) is 4.89. The van der Waals surface area contributed by atoms with Gasteiger partial charge in [-0.2, -0.15) is 0 Å². The zero-order chi connectivity index (χ0) is 15.7. The van der Waals surface area contributed by atoms with Crippen LogP contribution >= 0.6 is 15.9 Å². The molecule has 5 nitrogen and oxygen atoms in total. The van der Waals surface area contributed by atoms with E-state index in [2.05, 4.69) is 15.9 Å². The summed E-state index contributed by atoms with van der Waals surface area (Å²) in [6, 6.07) is 7.65. The SMILES string of the molecule is N[C@@H]1CCCN(C(=O)[C@@H]2CCN(c3cccc(Br)c3)C2=O)C1. The Hall–Kier alpha value is -1.40. The van der Waals surface area contributed by atoms with Crippen molar-refractivity contribution in [2.75, 3.05) is 24.5 Å². The molecular weight excluding hydrogens is 346 g/mol. The van der Waals surface area contributed by atoms with Crippen LogP contribution in [0.2, 0.25) is 0 Å². The maximum Gasteiger partial charge on any atom is 0.239 e. The summed E-state index contributed by atoms with van der Waals surface area (Å²) >= 11 is 3.42. The van der Waals surface area contributed by atoms with Gasteiger partial charge in [0.2, 0.25) is 11.8 Å². The Balaban J connectivity index is 1.72. The molecule has 0 unspecified atom stereocenters.